The fourth-order valence-electron chi connectivity index (χ4n) is 2.05. The SMILES string of the molecule is COc1ccc(S(=O)(=O)Nc2ccc(C)cc2Cl)cc1NC(C)=O. The molecule has 128 valence electrons. The highest BCUT2D eigenvalue weighted by Gasteiger charge is 2.18. The van der Waals surface area contributed by atoms with Crippen molar-refractivity contribution in [3.05, 3.63) is 47.0 Å². The molecule has 0 bridgehead atoms. The van der Waals surface area contributed by atoms with Crippen molar-refractivity contribution in [2.24, 2.45) is 0 Å². The first kappa shape index (κ1) is 18.1. The van der Waals surface area contributed by atoms with Crippen molar-refractivity contribution < 1.29 is 17.9 Å². The molecule has 2 rings (SSSR count). The number of aryl methyl sites for hydroxylation is 1. The minimum atomic E-state index is -3.87. The molecule has 0 spiro atoms. The molecular weight excluding hydrogens is 352 g/mol. The average molecular weight is 369 g/mol. The number of methoxy groups -OCH3 is 1. The summed E-state index contributed by atoms with van der Waals surface area (Å²) < 4.78 is 32.7. The molecule has 0 saturated carbocycles. The van der Waals surface area contributed by atoms with E-state index in [0.717, 1.165) is 5.56 Å². The van der Waals surface area contributed by atoms with Crippen LogP contribution in [0.5, 0.6) is 5.75 Å². The second-order valence-electron chi connectivity index (χ2n) is 5.13. The Labute approximate surface area is 145 Å². The molecule has 2 aromatic carbocycles. The number of anilines is 2. The molecule has 8 heteroatoms. The van der Waals surface area contributed by atoms with Crippen LogP contribution in [0.1, 0.15) is 12.5 Å². The van der Waals surface area contributed by atoms with E-state index in [2.05, 4.69) is 10.0 Å². The maximum absolute atomic E-state index is 12.6. The van der Waals surface area contributed by atoms with Gasteiger partial charge < -0.3 is 10.1 Å². The zero-order valence-corrected chi connectivity index (χ0v) is 15.0. The number of nitrogens with one attached hydrogen (secondary N) is 2. The molecular formula is C16H17ClN2O4S. The minimum Gasteiger partial charge on any atom is -0.495 e. The molecule has 24 heavy (non-hydrogen) atoms. The average Bonchev–Trinajstić information content (AvgIpc) is 2.49. The first-order valence-electron chi connectivity index (χ1n) is 6.97. The van der Waals surface area contributed by atoms with Crippen LogP contribution in [0, 0.1) is 6.92 Å². The molecule has 0 aromatic heterocycles. The number of amides is 1. The monoisotopic (exact) mass is 368 g/mol. The van der Waals surface area contributed by atoms with E-state index in [1.807, 2.05) is 6.92 Å². The van der Waals surface area contributed by atoms with Gasteiger partial charge in [-0.05, 0) is 42.8 Å². The van der Waals surface area contributed by atoms with Crippen molar-refractivity contribution in [2.45, 2.75) is 18.7 Å². The zero-order chi connectivity index (χ0) is 17.9. The van der Waals surface area contributed by atoms with Crippen LogP contribution in [0.15, 0.2) is 41.3 Å². The van der Waals surface area contributed by atoms with Gasteiger partial charge in [-0.1, -0.05) is 17.7 Å². The summed E-state index contributed by atoms with van der Waals surface area (Å²) in [6.45, 7) is 3.18. The lowest BCUT2D eigenvalue weighted by atomic mass is 10.2. The van der Waals surface area contributed by atoms with Crippen LogP contribution < -0.4 is 14.8 Å². The topological polar surface area (TPSA) is 84.5 Å². The van der Waals surface area contributed by atoms with Crippen molar-refractivity contribution in [3.8, 4) is 5.75 Å². The highest BCUT2D eigenvalue weighted by atomic mass is 35.5. The number of carbonyl (C=O) groups excluding carboxylic acids is 1. The second-order valence-corrected chi connectivity index (χ2v) is 7.22. The van der Waals surface area contributed by atoms with Crippen molar-refractivity contribution in [1.29, 1.82) is 0 Å². The normalized spacial score (nSPS) is 11.0. The number of hydrogen-bond acceptors (Lipinski definition) is 4. The summed E-state index contributed by atoms with van der Waals surface area (Å²) in [5.41, 5.74) is 1.46. The Bertz CT molecular complexity index is 882. The molecule has 6 nitrogen and oxygen atoms in total. The van der Waals surface area contributed by atoms with Crippen molar-refractivity contribution in [1.82, 2.24) is 0 Å². The summed E-state index contributed by atoms with van der Waals surface area (Å²) in [5.74, 6) is 0.0231. The molecule has 0 aliphatic carbocycles. The third-order valence-electron chi connectivity index (χ3n) is 3.16. The first-order chi connectivity index (χ1) is 11.2. The lowest BCUT2D eigenvalue weighted by Gasteiger charge is -2.13. The summed E-state index contributed by atoms with van der Waals surface area (Å²) >= 11 is 6.07. The van der Waals surface area contributed by atoms with Gasteiger partial charge in [0.2, 0.25) is 5.91 Å². The number of halogens is 1. The number of hydrogen-bond donors (Lipinski definition) is 2. The van der Waals surface area contributed by atoms with Crippen LogP contribution in [-0.4, -0.2) is 21.4 Å². The number of rotatable bonds is 5. The van der Waals surface area contributed by atoms with Crippen LogP contribution in [0.4, 0.5) is 11.4 Å². The molecule has 2 aromatic rings. The van der Waals surface area contributed by atoms with Gasteiger partial charge in [-0.25, -0.2) is 8.42 Å². The molecule has 0 radical (unpaired) electrons. The largest absolute Gasteiger partial charge is 0.495 e. The Morgan fingerprint density at radius 1 is 1.12 bits per heavy atom. The third-order valence-corrected chi connectivity index (χ3v) is 4.84. The van der Waals surface area contributed by atoms with E-state index >= 15 is 0 Å². The quantitative estimate of drug-likeness (QED) is 0.846. The van der Waals surface area contributed by atoms with Crippen molar-refractivity contribution in [2.75, 3.05) is 17.1 Å². The second kappa shape index (κ2) is 7.11. The lowest BCUT2D eigenvalue weighted by molar-refractivity contribution is -0.114. The Morgan fingerprint density at radius 3 is 2.42 bits per heavy atom. The summed E-state index contributed by atoms with van der Waals surface area (Å²) in [4.78, 5) is 11.2. The van der Waals surface area contributed by atoms with E-state index in [1.165, 1.54) is 32.2 Å². The smallest absolute Gasteiger partial charge is 0.262 e. The summed E-state index contributed by atoms with van der Waals surface area (Å²) in [5, 5.41) is 2.84. The van der Waals surface area contributed by atoms with E-state index in [1.54, 1.807) is 18.2 Å². The summed E-state index contributed by atoms with van der Waals surface area (Å²) in [6.07, 6.45) is 0. The van der Waals surface area contributed by atoms with Gasteiger partial charge >= 0.3 is 0 Å². The Morgan fingerprint density at radius 2 is 1.83 bits per heavy atom. The van der Waals surface area contributed by atoms with Crippen LogP contribution in [0.2, 0.25) is 5.02 Å². The maximum atomic E-state index is 12.6. The summed E-state index contributed by atoms with van der Waals surface area (Å²) in [6, 6.07) is 9.18. The molecule has 0 unspecified atom stereocenters. The Hall–Kier alpha value is -2.25. The molecule has 0 fully saturated rings. The van der Waals surface area contributed by atoms with Gasteiger partial charge in [0.25, 0.3) is 10.0 Å². The van der Waals surface area contributed by atoms with Crippen molar-refractivity contribution >= 4 is 38.9 Å². The van der Waals surface area contributed by atoms with Gasteiger partial charge in [0.1, 0.15) is 5.75 Å². The third kappa shape index (κ3) is 4.18. The Kier molecular flexibility index (Phi) is 5.36. The fourth-order valence-corrected chi connectivity index (χ4v) is 3.49. The van der Waals surface area contributed by atoms with Crippen LogP contribution in [-0.2, 0) is 14.8 Å². The highest BCUT2D eigenvalue weighted by molar-refractivity contribution is 7.92. The molecule has 0 aliphatic rings. The van der Waals surface area contributed by atoms with Gasteiger partial charge in [0, 0.05) is 6.92 Å². The predicted molar refractivity (Wildman–Crippen MR) is 94.3 cm³/mol. The molecule has 1 amide bonds. The van der Waals surface area contributed by atoms with E-state index in [9.17, 15) is 13.2 Å². The number of benzene rings is 2. The van der Waals surface area contributed by atoms with Gasteiger partial charge in [-0.3, -0.25) is 9.52 Å². The van der Waals surface area contributed by atoms with E-state index in [-0.39, 0.29) is 22.2 Å². The van der Waals surface area contributed by atoms with Crippen molar-refractivity contribution in [3.63, 3.8) is 0 Å². The lowest BCUT2D eigenvalue weighted by Crippen LogP contribution is -2.14. The van der Waals surface area contributed by atoms with Crippen LogP contribution in [0.3, 0.4) is 0 Å². The predicted octanol–water partition coefficient (Wildman–Crippen LogP) is 3.42. The van der Waals surface area contributed by atoms with E-state index < -0.39 is 10.0 Å². The maximum Gasteiger partial charge on any atom is 0.262 e. The fraction of sp³-hybridized carbons (Fsp3) is 0.188. The standard InChI is InChI=1S/C16H17ClN2O4S/c1-10-4-6-14(13(17)8-10)19-24(21,22)12-5-7-16(23-3)15(9-12)18-11(2)20/h4-9,19H,1-3H3,(H,18,20). The van der Waals surface area contributed by atoms with E-state index in [4.69, 9.17) is 16.3 Å². The molecule has 2 N–H and O–H groups in total. The number of ether oxygens (including phenoxy) is 1. The van der Waals surface area contributed by atoms with E-state index in [0.29, 0.717) is 10.8 Å². The van der Waals surface area contributed by atoms with Gasteiger partial charge in [0.15, 0.2) is 0 Å². The van der Waals surface area contributed by atoms with Gasteiger partial charge in [-0.15, -0.1) is 0 Å². The highest BCUT2D eigenvalue weighted by Crippen LogP contribution is 2.30. The zero-order valence-electron chi connectivity index (χ0n) is 13.4. The number of sulfonamides is 1. The first-order valence-corrected chi connectivity index (χ1v) is 8.83. The Balaban J connectivity index is 2.40. The molecule has 0 atom stereocenters. The van der Waals surface area contributed by atoms with Gasteiger partial charge in [0.05, 0.1) is 28.4 Å². The molecule has 0 aliphatic heterocycles. The molecule has 0 heterocycles. The molecule has 0 saturated heterocycles. The summed E-state index contributed by atoms with van der Waals surface area (Å²) in [7, 11) is -2.44. The van der Waals surface area contributed by atoms with Crippen LogP contribution >= 0.6 is 11.6 Å². The van der Waals surface area contributed by atoms with Crippen LogP contribution in [0.25, 0.3) is 0 Å². The number of carbonyl (C=O) groups is 1. The minimum absolute atomic E-state index is 0.0244. The van der Waals surface area contributed by atoms with Gasteiger partial charge in [-0.2, -0.15) is 0 Å².